The van der Waals surface area contributed by atoms with Crippen LogP contribution < -0.4 is 0 Å². The maximum Gasteiger partial charge on any atom is 0.229 e. The van der Waals surface area contributed by atoms with Gasteiger partial charge < -0.3 is 9.47 Å². The van der Waals surface area contributed by atoms with Crippen molar-refractivity contribution in [3.05, 3.63) is 76.8 Å². The minimum absolute atomic E-state index is 0.102. The Kier molecular flexibility index (Phi) is 5.11. The topological polar surface area (TPSA) is 30.8 Å². The highest BCUT2D eigenvalue weighted by Gasteiger charge is 2.33. The summed E-state index contributed by atoms with van der Waals surface area (Å²) in [5.74, 6) is 0.464. The summed E-state index contributed by atoms with van der Waals surface area (Å²) >= 11 is 6.40. The smallest absolute Gasteiger partial charge is 0.229 e. The molecule has 0 amide bonds. The first-order valence-corrected chi connectivity index (χ1v) is 7.86. The molecule has 3 nitrogen and oxygen atoms in total. The van der Waals surface area contributed by atoms with Crippen LogP contribution in [0.4, 0.5) is 0 Å². The predicted octanol–water partition coefficient (Wildman–Crippen LogP) is 4.45. The first-order valence-electron chi connectivity index (χ1n) is 7.49. The van der Waals surface area contributed by atoms with E-state index in [1.165, 1.54) is 0 Å². The van der Waals surface area contributed by atoms with Crippen molar-refractivity contribution >= 4 is 23.6 Å². The first kappa shape index (κ1) is 15.8. The summed E-state index contributed by atoms with van der Waals surface area (Å²) in [7, 11) is 1.66. The third-order valence-corrected chi connectivity index (χ3v) is 3.90. The molecule has 4 heteroatoms. The largest absolute Gasteiger partial charge is 0.466 e. The average molecular weight is 328 g/mol. The molecule has 0 spiro atoms. The molecule has 0 fully saturated rings. The molecule has 118 valence electrons. The van der Waals surface area contributed by atoms with Gasteiger partial charge in [0.15, 0.2) is 6.10 Å². The Labute approximate surface area is 141 Å². The zero-order chi connectivity index (χ0) is 16.1. The van der Waals surface area contributed by atoms with E-state index in [4.69, 9.17) is 21.1 Å². The summed E-state index contributed by atoms with van der Waals surface area (Å²) in [6.07, 6.45) is 1.68. The second-order valence-corrected chi connectivity index (χ2v) is 5.72. The van der Waals surface area contributed by atoms with Crippen molar-refractivity contribution in [2.45, 2.75) is 12.1 Å². The molecule has 2 aromatic carbocycles. The van der Waals surface area contributed by atoms with E-state index in [-0.39, 0.29) is 12.1 Å². The van der Waals surface area contributed by atoms with Gasteiger partial charge in [0.05, 0.1) is 6.61 Å². The molecule has 0 saturated carbocycles. The van der Waals surface area contributed by atoms with Crippen molar-refractivity contribution in [2.24, 2.45) is 4.99 Å². The maximum absolute atomic E-state index is 6.40. The van der Waals surface area contributed by atoms with Gasteiger partial charge >= 0.3 is 0 Å². The number of hydrogen-bond acceptors (Lipinski definition) is 3. The SMILES string of the molecule is COC[C@@H]1N=C(/C(Cl)=C/c2ccccc2)O[C@H]1c1ccccc1. The molecule has 2 atom stereocenters. The van der Waals surface area contributed by atoms with Crippen LogP contribution in [0.15, 0.2) is 70.7 Å². The maximum atomic E-state index is 6.40. The Balaban J connectivity index is 1.83. The molecule has 0 aliphatic carbocycles. The van der Waals surface area contributed by atoms with Gasteiger partial charge in [0.1, 0.15) is 11.1 Å². The van der Waals surface area contributed by atoms with Crippen LogP contribution in [-0.2, 0) is 9.47 Å². The fraction of sp³-hybridized carbons (Fsp3) is 0.211. The molecule has 0 bridgehead atoms. The molecule has 23 heavy (non-hydrogen) atoms. The molecule has 0 saturated heterocycles. The number of halogens is 1. The highest BCUT2D eigenvalue weighted by molar-refractivity contribution is 6.44. The fourth-order valence-electron chi connectivity index (χ4n) is 2.55. The summed E-state index contributed by atoms with van der Waals surface area (Å²) in [5, 5.41) is 0.496. The zero-order valence-corrected chi connectivity index (χ0v) is 13.6. The Bertz CT molecular complexity index is 698. The molecule has 1 aliphatic rings. The number of methoxy groups -OCH3 is 1. The zero-order valence-electron chi connectivity index (χ0n) is 12.9. The molecular weight excluding hydrogens is 310 g/mol. The van der Waals surface area contributed by atoms with E-state index in [2.05, 4.69) is 4.99 Å². The van der Waals surface area contributed by atoms with Crippen molar-refractivity contribution in [1.29, 1.82) is 0 Å². The second kappa shape index (κ2) is 7.44. The lowest BCUT2D eigenvalue weighted by atomic mass is 10.0. The van der Waals surface area contributed by atoms with E-state index in [1.54, 1.807) is 7.11 Å². The Morgan fingerprint density at radius 2 is 1.78 bits per heavy atom. The number of ether oxygens (including phenoxy) is 2. The van der Waals surface area contributed by atoms with Gasteiger partial charge in [-0.05, 0) is 17.2 Å². The molecule has 1 aliphatic heterocycles. The van der Waals surface area contributed by atoms with Crippen LogP contribution in [0.3, 0.4) is 0 Å². The Hall–Kier alpha value is -2.10. The van der Waals surface area contributed by atoms with E-state index in [9.17, 15) is 0 Å². The van der Waals surface area contributed by atoms with Crippen molar-refractivity contribution in [2.75, 3.05) is 13.7 Å². The van der Waals surface area contributed by atoms with Gasteiger partial charge in [-0.3, -0.25) is 0 Å². The number of rotatable bonds is 5. The first-order chi connectivity index (χ1) is 11.3. The van der Waals surface area contributed by atoms with Gasteiger partial charge in [0.2, 0.25) is 5.90 Å². The quantitative estimate of drug-likeness (QED) is 0.812. The lowest BCUT2D eigenvalue weighted by Crippen LogP contribution is -2.19. The molecule has 0 N–H and O–H groups in total. The van der Waals surface area contributed by atoms with E-state index < -0.39 is 0 Å². The van der Waals surface area contributed by atoms with Crippen molar-refractivity contribution in [3.8, 4) is 0 Å². The van der Waals surface area contributed by atoms with Gasteiger partial charge in [0.25, 0.3) is 0 Å². The summed E-state index contributed by atoms with van der Waals surface area (Å²) in [5.41, 5.74) is 2.08. The van der Waals surface area contributed by atoms with Crippen LogP contribution in [0, 0.1) is 0 Å². The van der Waals surface area contributed by atoms with E-state index in [0.29, 0.717) is 17.5 Å². The number of aliphatic imine (C=N–C) groups is 1. The van der Waals surface area contributed by atoms with Crippen molar-refractivity contribution < 1.29 is 9.47 Å². The third kappa shape index (κ3) is 3.81. The summed E-state index contributed by atoms with van der Waals surface area (Å²) < 4.78 is 11.3. The predicted molar refractivity (Wildman–Crippen MR) is 93.6 cm³/mol. The Morgan fingerprint density at radius 1 is 1.13 bits per heavy atom. The normalized spacial score (nSPS) is 21.0. The minimum Gasteiger partial charge on any atom is -0.466 e. The summed E-state index contributed by atoms with van der Waals surface area (Å²) in [6.45, 7) is 0.485. The average Bonchev–Trinajstić information content (AvgIpc) is 3.01. The van der Waals surface area contributed by atoms with E-state index in [0.717, 1.165) is 11.1 Å². The van der Waals surface area contributed by atoms with Gasteiger partial charge in [0, 0.05) is 7.11 Å². The van der Waals surface area contributed by atoms with Crippen LogP contribution in [0.25, 0.3) is 6.08 Å². The van der Waals surface area contributed by atoms with Crippen molar-refractivity contribution in [1.82, 2.24) is 0 Å². The van der Waals surface area contributed by atoms with Gasteiger partial charge in [-0.1, -0.05) is 72.3 Å². The molecule has 3 rings (SSSR count). The summed E-state index contributed by atoms with van der Waals surface area (Å²) in [6, 6.07) is 19.8. The molecule has 0 unspecified atom stereocenters. The fourth-order valence-corrected chi connectivity index (χ4v) is 2.77. The van der Waals surface area contributed by atoms with Crippen LogP contribution in [0.5, 0.6) is 0 Å². The number of nitrogens with zero attached hydrogens (tertiary/aromatic N) is 1. The van der Waals surface area contributed by atoms with Gasteiger partial charge in [-0.25, -0.2) is 4.99 Å². The minimum atomic E-state index is -0.177. The third-order valence-electron chi connectivity index (χ3n) is 3.63. The van der Waals surface area contributed by atoms with E-state index in [1.807, 2.05) is 66.7 Å². The highest BCUT2D eigenvalue weighted by Crippen LogP contribution is 2.32. The van der Waals surface area contributed by atoms with Gasteiger partial charge in [-0.2, -0.15) is 0 Å². The van der Waals surface area contributed by atoms with Crippen molar-refractivity contribution in [3.63, 3.8) is 0 Å². The molecule has 1 heterocycles. The van der Waals surface area contributed by atoms with E-state index >= 15 is 0 Å². The Morgan fingerprint density at radius 3 is 2.43 bits per heavy atom. The second-order valence-electron chi connectivity index (χ2n) is 5.31. The highest BCUT2D eigenvalue weighted by atomic mass is 35.5. The molecule has 0 radical (unpaired) electrons. The van der Waals surface area contributed by atoms with Crippen LogP contribution in [-0.4, -0.2) is 25.7 Å². The van der Waals surface area contributed by atoms with Crippen LogP contribution in [0.2, 0.25) is 0 Å². The number of hydrogen-bond donors (Lipinski definition) is 0. The van der Waals surface area contributed by atoms with Crippen LogP contribution in [0.1, 0.15) is 17.2 Å². The lowest BCUT2D eigenvalue weighted by molar-refractivity contribution is 0.120. The number of benzene rings is 2. The van der Waals surface area contributed by atoms with Gasteiger partial charge in [-0.15, -0.1) is 0 Å². The monoisotopic (exact) mass is 327 g/mol. The summed E-state index contributed by atoms with van der Waals surface area (Å²) in [4.78, 5) is 4.60. The lowest BCUT2D eigenvalue weighted by Gasteiger charge is -2.17. The molecule has 0 aromatic heterocycles. The molecular formula is C19H18ClNO2. The molecule has 2 aromatic rings. The van der Waals surface area contributed by atoms with Crippen LogP contribution >= 0.6 is 11.6 Å². The standard InChI is InChI=1S/C19H18ClNO2/c1-22-13-17-18(15-10-6-3-7-11-15)23-19(21-17)16(20)12-14-8-4-2-5-9-14/h2-12,17-18H,13H2,1H3/b16-12-/t17-,18-/m0/s1.